The van der Waals surface area contributed by atoms with Crippen LogP contribution < -0.4 is 11.1 Å². The van der Waals surface area contributed by atoms with E-state index in [1.54, 1.807) is 33.5 Å². The van der Waals surface area contributed by atoms with Crippen molar-refractivity contribution in [3.05, 3.63) is 81.1 Å². The number of aromatic nitrogens is 4. The Kier molecular flexibility index (Phi) is 4.09. The first-order valence-corrected chi connectivity index (χ1v) is 9.51. The van der Waals surface area contributed by atoms with Gasteiger partial charge in [0, 0.05) is 12.8 Å². The van der Waals surface area contributed by atoms with Gasteiger partial charge < -0.3 is 9.14 Å². The van der Waals surface area contributed by atoms with Gasteiger partial charge in [-0.2, -0.15) is 9.78 Å². The molecule has 7 heteroatoms. The molecule has 1 atom stereocenters. The van der Waals surface area contributed by atoms with E-state index in [1.807, 2.05) is 30.3 Å². The van der Waals surface area contributed by atoms with Crippen LogP contribution in [0.5, 0.6) is 0 Å². The number of nitrogens with zero attached hydrogens (tertiary/aromatic N) is 4. The molecule has 0 aliphatic carbocycles. The third-order valence-electron chi connectivity index (χ3n) is 5.31. The predicted octanol–water partition coefficient (Wildman–Crippen LogP) is 2.56. The molecular formula is C21H20N4O3. The van der Waals surface area contributed by atoms with Crippen molar-refractivity contribution in [1.29, 1.82) is 0 Å². The van der Waals surface area contributed by atoms with E-state index in [2.05, 4.69) is 5.10 Å². The minimum atomic E-state index is -0.383. The number of rotatable bonds is 3. The molecule has 3 aromatic heterocycles. The van der Waals surface area contributed by atoms with Crippen LogP contribution in [-0.4, -0.2) is 25.4 Å². The van der Waals surface area contributed by atoms with Crippen molar-refractivity contribution in [3.63, 3.8) is 0 Å². The molecule has 7 nitrogen and oxygen atoms in total. The van der Waals surface area contributed by atoms with Crippen LogP contribution >= 0.6 is 0 Å². The standard InChI is InChI=1S/C21H20N4O3/c26-20-16-9-6-11-23(16)17-13-22-25(18-10-4-5-12-28-18)21(27)19(17)24(20)14-15-7-2-1-3-8-15/h1-3,6-9,11,13,18H,4-5,10,12,14H2. The average molecular weight is 376 g/mol. The highest BCUT2D eigenvalue weighted by molar-refractivity contribution is 5.77. The molecule has 1 aliphatic heterocycles. The summed E-state index contributed by atoms with van der Waals surface area (Å²) in [5, 5.41) is 4.38. The van der Waals surface area contributed by atoms with E-state index in [1.165, 1.54) is 4.68 Å². The van der Waals surface area contributed by atoms with Crippen molar-refractivity contribution >= 4 is 16.6 Å². The van der Waals surface area contributed by atoms with E-state index >= 15 is 0 Å². The summed E-state index contributed by atoms with van der Waals surface area (Å²) in [6, 6.07) is 13.2. The van der Waals surface area contributed by atoms with E-state index in [4.69, 9.17) is 4.74 Å². The van der Waals surface area contributed by atoms with Crippen molar-refractivity contribution in [2.75, 3.05) is 6.61 Å². The largest absolute Gasteiger partial charge is 0.356 e. The maximum atomic E-state index is 13.4. The molecule has 1 aromatic carbocycles. The molecule has 0 saturated carbocycles. The van der Waals surface area contributed by atoms with Crippen molar-refractivity contribution < 1.29 is 4.74 Å². The van der Waals surface area contributed by atoms with Gasteiger partial charge in [-0.25, -0.2) is 0 Å². The van der Waals surface area contributed by atoms with Crippen LogP contribution in [0.4, 0.5) is 0 Å². The van der Waals surface area contributed by atoms with Crippen LogP contribution in [0.2, 0.25) is 0 Å². The van der Waals surface area contributed by atoms with Gasteiger partial charge in [0.05, 0.1) is 18.3 Å². The van der Waals surface area contributed by atoms with E-state index in [9.17, 15) is 9.59 Å². The molecule has 4 aromatic rings. The monoisotopic (exact) mass is 376 g/mol. The average Bonchev–Trinajstić information content (AvgIpc) is 3.23. The topological polar surface area (TPSA) is 70.5 Å². The molecule has 1 fully saturated rings. The van der Waals surface area contributed by atoms with Gasteiger partial charge in [0.1, 0.15) is 11.0 Å². The Morgan fingerprint density at radius 2 is 1.86 bits per heavy atom. The number of ether oxygens (including phenoxy) is 1. The molecule has 5 rings (SSSR count). The fourth-order valence-electron chi connectivity index (χ4n) is 3.92. The highest BCUT2D eigenvalue weighted by atomic mass is 16.5. The first-order chi connectivity index (χ1) is 13.7. The number of hydrogen-bond donors (Lipinski definition) is 0. The SMILES string of the molecule is O=c1c2c(cnn1C1CCCCO1)n1cccc1c(=O)n2Cc1ccccc1. The van der Waals surface area contributed by atoms with E-state index in [0.717, 1.165) is 24.8 Å². The number of benzene rings is 1. The van der Waals surface area contributed by atoms with Gasteiger partial charge in [-0.3, -0.25) is 14.2 Å². The summed E-state index contributed by atoms with van der Waals surface area (Å²) >= 11 is 0. The predicted molar refractivity (Wildman–Crippen MR) is 106 cm³/mol. The minimum absolute atomic E-state index is 0.194. The molecule has 0 N–H and O–H groups in total. The van der Waals surface area contributed by atoms with Crippen LogP contribution in [0, 0.1) is 0 Å². The lowest BCUT2D eigenvalue weighted by Gasteiger charge is -2.24. The Bertz CT molecular complexity index is 1260. The molecule has 0 radical (unpaired) electrons. The zero-order chi connectivity index (χ0) is 19.1. The molecular weight excluding hydrogens is 356 g/mol. The summed E-state index contributed by atoms with van der Waals surface area (Å²) in [7, 11) is 0. The zero-order valence-electron chi connectivity index (χ0n) is 15.3. The van der Waals surface area contributed by atoms with Crippen LogP contribution in [-0.2, 0) is 11.3 Å². The highest BCUT2D eigenvalue weighted by Gasteiger charge is 2.22. The Morgan fingerprint density at radius 3 is 2.64 bits per heavy atom. The van der Waals surface area contributed by atoms with Gasteiger partial charge in [-0.1, -0.05) is 30.3 Å². The Balaban J connectivity index is 1.80. The third kappa shape index (κ3) is 2.66. The lowest BCUT2D eigenvalue weighted by molar-refractivity contribution is -0.0421. The van der Waals surface area contributed by atoms with Crippen molar-refractivity contribution in [2.24, 2.45) is 0 Å². The van der Waals surface area contributed by atoms with Gasteiger partial charge in [-0.05, 0) is 37.0 Å². The molecule has 4 heterocycles. The van der Waals surface area contributed by atoms with Gasteiger partial charge >= 0.3 is 0 Å². The summed E-state index contributed by atoms with van der Waals surface area (Å²) in [5.41, 5.74) is 1.96. The van der Waals surface area contributed by atoms with Crippen LogP contribution in [0.3, 0.4) is 0 Å². The second-order valence-electron chi connectivity index (χ2n) is 7.09. The summed E-state index contributed by atoms with van der Waals surface area (Å²) in [6.45, 7) is 0.937. The summed E-state index contributed by atoms with van der Waals surface area (Å²) in [5.74, 6) is 0. The van der Waals surface area contributed by atoms with E-state index in [-0.39, 0.29) is 17.3 Å². The Hall–Kier alpha value is -3.19. The van der Waals surface area contributed by atoms with E-state index < -0.39 is 0 Å². The highest BCUT2D eigenvalue weighted by Crippen LogP contribution is 2.21. The van der Waals surface area contributed by atoms with Crippen LogP contribution in [0.25, 0.3) is 16.6 Å². The first-order valence-electron chi connectivity index (χ1n) is 9.51. The lowest BCUT2D eigenvalue weighted by atomic mass is 10.2. The molecule has 1 saturated heterocycles. The number of hydrogen-bond acceptors (Lipinski definition) is 4. The quantitative estimate of drug-likeness (QED) is 0.551. The molecule has 0 spiro atoms. The molecule has 0 bridgehead atoms. The normalized spacial score (nSPS) is 17.4. The molecule has 28 heavy (non-hydrogen) atoms. The van der Waals surface area contributed by atoms with Gasteiger partial charge in [-0.15, -0.1) is 0 Å². The molecule has 142 valence electrons. The first kappa shape index (κ1) is 16.9. The van der Waals surface area contributed by atoms with Crippen LogP contribution in [0.1, 0.15) is 31.1 Å². The molecule has 1 unspecified atom stereocenters. The van der Waals surface area contributed by atoms with Crippen molar-refractivity contribution in [3.8, 4) is 0 Å². The smallest absolute Gasteiger partial charge is 0.295 e. The summed E-state index contributed by atoms with van der Waals surface area (Å²) in [6.07, 6.45) is 5.78. The third-order valence-corrected chi connectivity index (χ3v) is 5.31. The molecule has 1 aliphatic rings. The fourth-order valence-corrected chi connectivity index (χ4v) is 3.92. The van der Waals surface area contributed by atoms with Gasteiger partial charge in [0.25, 0.3) is 11.1 Å². The summed E-state index contributed by atoms with van der Waals surface area (Å²) in [4.78, 5) is 26.6. The van der Waals surface area contributed by atoms with Gasteiger partial charge in [0.2, 0.25) is 0 Å². The second-order valence-corrected chi connectivity index (χ2v) is 7.09. The van der Waals surface area contributed by atoms with Crippen molar-refractivity contribution in [1.82, 2.24) is 18.7 Å². The Morgan fingerprint density at radius 1 is 1.00 bits per heavy atom. The Labute approximate surface area is 160 Å². The maximum absolute atomic E-state index is 13.4. The fraction of sp³-hybridized carbons (Fsp3) is 0.286. The molecule has 0 amide bonds. The van der Waals surface area contributed by atoms with Crippen LogP contribution in [0.15, 0.2) is 64.4 Å². The lowest BCUT2D eigenvalue weighted by Crippen LogP contribution is -2.35. The summed E-state index contributed by atoms with van der Waals surface area (Å²) < 4.78 is 10.4. The van der Waals surface area contributed by atoms with Gasteiger partial charge in [0.15, 0.2) is 6.23 Å². The second kappa shape index (κ2) is 6.76. The van der Waals surface area contributed by atoms with Crippen molar-refractivity contribution in [2.45, 2.75) is 32.0 Å². The number of fused-ring (bicyclic) bond motifs is 3. The zero-order valence-corrected chi connectivity index (χ0v) is 15.3. The van der Waals surface area contributed by atoms with E-state index in [0.29, 0.717) is 29.7 Å². The maximum Gasteiger partial charge on any atom is 0.295 e. The minimum Gasteiger partial charge on any atom is -0.356 e.